The molecule has 9 heteroatoms. The molecule has 30 heavy (non-hydrogen) atoms. The van der Waals surface area contributed by atoms with E-state index in [0.717, 1.165) is 6.42 Å². The Labute approximate surface area is 182 Å². The molecule has 2 aromatic carbocycles. The molecular weight excluding hydrogens is 458 g/mol. The first-order valence-electron chi connectivity index (χ1n) is 9.38. The van der Waals surface area contributed by atoms with Crippen LogP contribution in [-0.2, 0) is 9.53 Å². The lowest BCUT2D eigenvalue weighted by molar-refractivity contribution is -0.119. The molecule has 0 aromatic heterocycles. The van der Waals surface area contributed by atoms with Gasteiger partial charge in [0.05, 0.1) is 23.8 Å². The maximum absolute atomic E-state index is 12.4. The van der Waals surface area contributed by atoms with Gasteiger partial charge in [-0.1, -0.05) is 6.92 Å². The number of nitrogens with one attached hydrogen (secondary N) is 1. The lowest BCUT2D eigenvalue weighted by Gasteiger charge is -2.19. The largest absolute Gasteiger partial charge is 0.493 e. The maximum atomic E-state index is 12.4. The smallest absolute Gasteiger partial charge is 0.338 e. The van der Waals surface area contributed by atoms with Crippen molar-refractivity contribution in [2.24, 2.45) is 0 Å². The van der Waals surface area contributed by atoms with Crippen LogP contribution in [0.3, 0.4) is 0 Å². The van der Waals surface area contributed by atoms with Gasteiger partial charge in [-0.15, -0.1) is 0 Å². The van der Waals surface area contributed by atoms with Crippen LogP contribution >= 0.6 is 15.9 Å². The van der Waals surface area contributed by atoms with Gasteiger partial charge in [-0.3, -0.25) is 4.79 Å². The number of rotatable bonds is 8. The summed E-state index contributed by atoms with van der Waals surface area (Å²) in [7, 11) is 1.48. The van der Waals surface area contributed by atoms with E-state index >= 15 is 0 Å². The summed E-state index contributed by atoms with van der Waals surface area (Å²) in [5, 5.41) is 2.66. The fraction of sp³-hybridized carbons (Fsp3) is 0.333. The highest BCUT2D eigenvalue weighted by Crippen LogP contribution is 2.37. The number of halogens is 1. The highest BCUT2D eigenvalue weighted by Gasteiger charge is 2.18. The quantitative estimate of drug-likeness (QED) is 0.575. The summed E-state index contributed by atoms with van der Waals surface area (Å²) in [6, 6.07) is 8.13. The molecule has 0 saturated carbocycles. The Kier molecular flexibility index (Phi) is 7.40. The predicted octanol–water partition coefficient (Wildman–Crippen LogP) is 3.81. The number of methoxy groups -OCH3 is 1. The molecule has 0 aliphatic carbocycles. The maximum Gasteiger partial charge on any atom is 0.338 e. The number of fused-ring (bicyclic) bond motifs is 1. The number of carbonyl (C=O) groups excluding carboxylic acids is 2. The molecule has 3 rings (SSSR count). The summed E-state index contributed by atoms with van der Waals surface area (Å²) in [5.41, 5.74) is 0.747. The number of hydrogen-bond acceptors (Lipinski definition) is 7. The third kappa shape index (κ3) is 5.35. The zero-order chi connectivity index (χ0) is 21.5. The van der Waals surface area contributed by atoms with E-state index in [-0.39, 0.29) is 5.56 Å². The van der Waals surface area contributed by atoms with Crippen LogP contribution < -0.4 is 24.3 Å². The molecular formula is C21H22BrNO7. The summed E-state index contributed by atoms with van der Waals surface area (Å²) in [5.74, 6) is 0.940. The molecule has 1 heterocycles. The Morgan fingerprint density at radius 2 is 1.90 bits per heavy atom. The number of ether oxygens (including phenoxy) is 5. The Balaban J connectivity index is 1.59. The molecule has 0 atom stereocenters. The van der Waals surface area contributed by atoms with E-state index < -0.39 is 18.5 Å². The van der Waals surface area contributed by atoms with Gasteiger partial charge in [-0.25, -0.2) is 4.79 Å². The summed E-state index contributed by atoms with van der Waals surface area (Å²) in [4.78, 5) is 24.5. The third-order valence-corrected chi connectivity index (χ3v) is 4.66. The van der Waals surface area contributed by atoms with Crippen molar-refractivity contribution in [3.8, 4) is 23.0 Å². The fourth-order valence-electron chi connectivity index (χ4n) is 2.71. The van der Waals surface area contributed by atoms with Crippen LogP contribution in [0.1, 0.15) is 23.7 Å². The topological polar surface area (TPSA) is 92.3 Å². The number of hydrogen-bond donors (Lipinski definition) is 1. The second-order valence-corrected chi connectivity index (χ2v) is 7.17. The predicted molar refractivity (Wildman–Crippen MR) is 113 cm³/mol. The van der Waals surface area contributed by atoms with Crippen LogP contribution in [0, 0.1) is 0 Å². The third-order valence-electron chi connectivity index (χ3n) is 4.08. The molecule has 8 nitrogen and oxygen atoms in total. The Morgan fingerprint density at radius 1 is 1.13 bits per heavy atom. The van der Waals surface area contributed by atoms with Gasteiger partial charge in [0.1, 0.15) is 13.2 Å². The van der Waals surface area contributed by atoms with Gasteiger partial charge in [0, 0.05) is 11.8 Å². The molecule has 1 N–H and O–H groups in total. The minimum Gasteiger partial charge on any atom is -0.493 e. The summed E-state index contributed by atoms with van der Waals surface area (Å²) >= 11 is 3.38. The van der Waals surface area contributed by atoms with E-state index in [0.29, 0.717) is 53.0 Å². The van der Waals surface area contributed by atoms with Crippen molar-refractivity contribution in [1.82, 2.24) is 0 Å². The van der Waals surface area contributed by atoms with Crippen molar-refractivity contribution < 1.29 is 33.3 Å². The first-order valence-corrected chi connectivity index (χ1v) is 10.2. The summed E-state index contributed by atoms with van der Waals surface area (Å²) in [6.45, 7) is 2.99. The first kappa shape index (κ1) is 21.8. The molecule has 0 fully saturated rings. The summed E-state index contributed by atoms with van der Waals surface area (Å²) < 4.78 is 27.5. The molecule has 1 amide bonds. The standard InChI is InChI=1S/C21H22BrNO7/c1-3-6-29-20-15(22)9-13(10-18(20)26-2)21(25)30-12-19(24)23-14-4-5-16-17(11-14)28-8-7-27-16/h4-5,9-11H,3,6-8,12H2,1-2H3,(H,23,24). The number of anilines is 1. The van der Waals surface area contributed by atoms with Gasteiger partial charge < -0.3 is 29.0 Å². The van der Waals surface area contributed by atoms with Crippen LogP contribution in [0.5, 0.6) is 23.0 Å². The van der Waals surface area contributed by atoms with E-state index in [1.807, 2.05) is 6.92 Å². The Morgan fingerprint density at radius 3 is 2.63 bits per heavy atom. The van der Waals surface area contributed by atoms with Crippen molar-refractivity contribution in [3.05, 3.63) is 40.4 Å². The lowest BCUT2D eigenvalue weighted by Crippen LogP contribution is -2.21. The molecule has 160 valence electrons. The number of esters is 1. The number of carbonyl (C=O) groups is 2. The van der Waals surface area contributed by atoms with E-state index in [4.69, 9.17) is 23.7 Å². The Hall–Kier alpha value is -2.94. The van der Waals surface area contributed by atoms with Crippen molar-refractivity contribution in [2.75, 3.05) is 38.9 Å². The zero-order valence-corrected chi connectivity index (χ0v) is 18.2. The molecule has 0 saturated heterocycles. The van der Waals surface area contributed by atoms with E-state index in [1.165, 1.54) is 13.2 Å². The summed E-state index contributed by atoms with van der Waals surface area (Å²) in [6.07, 6.45) is 0.831. The van der Waals surface area contributed by atoms with E-state index in [9.17, 15) is 9.59 Å². The average molecular weight is 480 g/mol. The minimum absolute atomic E-state index is 0.231. The van der Waals surface area contributed by atoms with Gasteiger partial charge in [-0.2, -0.15) is 0 Å². The highest BCUT2D eigenvalue weighted by molar-refractivity contribution is 9.10. The number of benzene rings is 2. The normalized spacial score (nSPS) is 12.1. The van der Waals surface area contributed by atoms with Gasteiger partial charge >= 0.3 is 5.97 Å². The van der Waals surface area contributed by atoms with Gasteiger partial charge in [-0.05, 0) is 46.6 Å². The van der Waals surface area contributed by atoms with Crippen molar-refractivity contribution in [3.63, 3.8) is 0 Å². The monoisotopic (exact) mass is 479 g/mol. The first-order chi connectivity index (χ1) is 14.5. The molecule has 0 radical (unpaired) electrons. The molecule has 0 unspecified atom stereocenters. The Bertz CT molecular complexity index is 932. The van der Waals surface area contributed by atoms with Crippen LogP contribution in [-0.4, -0.2) is 45.4 Å². The van der Waals surface area contributed by atoms with Crippen molar-refractivity contribution in [2.45, 2.75) is 13.3 Å². The lowest BCUT2D eigenvalue weighted by atomic mass is 10.2. The van der Waals surface area contributed by atoms with Gasteiger partial charge in [0.25, 0.3) is 5.91 Å². The molecule has 1 aliphatic heterocycles. The van der Waals surface area contributed by atoms with Crippen LogP contribution in [0.25, 0.3) is 0 Å². The van der Waals surface area contributed by atoms with E-state index in [1.54, 1.807) is 24.3 Å². The molecule has 1 aliphatic rings. The average Bonchev–Trinajstić information content (AvgIpc) is 2.76. The SMILES string of the molecule is CCCOc1c(Br)cc(C(=O)OCC(=O)Nc2ccc3c(c2)OCCO3)cc1OC. The second-order valence-electron chi connectivity index (χ2n) is 6.32. The van der Waals surface area contributed by atoms with Gasteiger partial charge in [0.2, 0.25) is 0 Å². The molecule has 0 spiro atoms. The van der Waals surface area contributed by atoms with Crippen LogP contribution in [0.4, 0.5) is 5.69 Å². The minimum atomic E-state index is -0.659. The van der Waals surface area contributed by atoms with Crippen molar-refractivity contribution in [1.29, 1.82) is 0 Å². The van der Waals surface area contributed by atoms with E-state index in [2.05, 4.69) is 21.2 Å². The van der Waals surface area contributed by atoms with Crippen molar-refractivity contribution >= 4 is 33.5 Å². The molecule has 0 bridgehead atoms. The highest BCUT2D eigenvalue weighted by atomic mass is 79.9. The zero-order valence-electron chi connectivity index (χ0n) is 16.7. The van der Waals surface area contributed by atoms with Gasteiger partial charge in [0.15, 0.2) is 29.6 Å². The fourth-order valence-corrected chi connectivity index (χ4v) is 3.27. The second kappa shape index (κ2) is 10.2. The number of amides is 1. The molecule has 2 aromatic rings. The van der Waals surface area contributed by atoms with Crippen LogP contribution in [0.2, 0.25) is 0 Å². The van der Waals surface area contributed by atoms with Crippen LogP contribution in [0.15, 0.2) is 34.8 Å².